The summed E-state index contributed by atoms with van der Waals surface area (Å²) in [7, 11) is 0. The highest BCUT2D eigenvalue weighted by Crippen LogP contribution is 2.56. The number of β-lactam (4-membered cyclic amide) rings is 1. The van der Waals surface area contributed by atoms with E-state index in [9.17, 15) is 19.2 Å². The number of thioether (sulfide) groups is 1. The summed E-state index contributed by atoms with van der Waals surface area (Å²) in [6.07, 6.45) is 0.449. The zero-order chi connectivity index (χ0) is 24.5. The number of nitrogens with two attached hydrogens (primary N) is 1. The molecular formula is C24H26N4O5S. The predicted molar refractivity (Wildman–Crippen MR) is 126 cm³/mol. The number of nitrogens with zero attached hydrogens (tertiary/aromatic N) is 1. The van der Waals surface area contributed by atoms with Gasteiger partial charge in [-0.15, -0.1) is 11.8 Å². The van der Waals surface area contributed by atoms with E-state index in [0.717, 1.165) is 5.56 Å². The normalized spacial score (nSPS) is 25.5. The van der Waals surface area contributed by atoms with Gasteiger partial charge in [-0.3, -0.25) is 19.3 Å². The molecule has 2 aliphatic rings. The summed E-state index contributed by atoms with van der Waals surface area (Å²) in [5.41, 5.74) is 5.70. The first kappa shape index (κ1) is 23.8. The molecule has 2 aromatic rings. The van der Waals surface area contributed by atoms with Crippen molar-refractivity contribution in [3.63, 3.8) is 0 Å². The number of fused-ring (bicyclic) bond motifs is 1. The highest BCUT2D eigenvalue weighted by molar-refractivity contribution is 8.01. The van der Waals surface area contributed by atoms with Crippen molar-refractivity contribution < 1.29 is 23.9 Å². The fourth-order valence-electron chi connectivity index (χ4n) is 4.35. The third kappa shape index (κ3) is 3.82. The smallest absolute Gasteiger partial charge is 0.355 e. The van der Waals surface area contributed by atoms with Crippen LogP contribution in [0.15, 0.2) is 60.7 Å². The second-order valence-corrected chi connectivity index (χ2v) is 10.4. The molecule has 2 fully saturated rings. The molecule has 1 unspecified atom stereocenters. The molecule has 2 aliphatic heterocycles. The van der Waals surface area contributed by atoms with Gasteiger partial charge >= 0.3 is 5.97 Å². The van der Waals surface area contributed by atoms with Crippen LogP contribution < -0.4 is 16.4 Å². The fraction of sp³-hybridized carbons (Fsp3) is 0.333. The minimum absolute atomic E-state index is 0.0362. The van der Waals surface area contributed by atoms with Gasteiger partial charge < -0.3 is 21.1 Å². The Morgan fingerprint density at radius 3 is 2.38 bits per heavy atom. The summed E-state index contributed by atoms with van der Waals surface area (Å²) in [5.74, 6) is -1.89. The lowest BCUT2D eigenvalue weighted by Gasteiger charge is -2.50. The molecule has 2 aromatic carbocycles. The molecule has 0 spiro atoms. The highest BCUT2D eigenvalue weighted by Gasteiger charge is 2.74. The number of nitrogens with one attached hydrogen (secondary N) is 2. The Kier molecular flexibility index (Phi) is 6.37. The molecule has 0 saturated carbocycles. The first-order chi connectivity index (χ1) is 16.2. The van der Waals surface area contributed by atoms with E-state index in [1.165, 1.54) is 16.7 Å². The summed E-state index contributed by atoms with van der Waals surface area (Å²) >= 11 is 1.30. The summed E-state index contributed by atoms with van der Waals surface area (Å²) in [6, 6.07) is 16.0. The van der Waals surface area contributed by atoms with E-state index in [0.29, 0.717) is 12.0 Å². The van der Waals surface area contributed by atoms with Crippen molar-refractivity contribution in [3.05, 3.63) is 71.8 Å². The van der Waals surface area contributed by atoms with E-state index in [1.54, 1.807) is 56.3 Å². The fourth-order valence-corrected chi connectivity index (χ4v) is 6.05. The van der Waals surface area contributed by atoms with Gasteiger partial charge in [-0.05, 0) is 25.0 Å². The van der Waals surface area contributed by atoms with Crippen LogP contribution in [0.1, 0.15) is 31.0 Å². The number of benzene rings is 2. The van der Waals surface area contributed by atoms with Gasteiger partial charge in [0.05, 0.1) is 4.75 Å². The van der Waals surface area contributed by atoms with Crippen LogP contribution in [-0.4, -0.2) is 50.9 Å². The Bertz CT molecular complexity index is 1100. The lowest BCUT2D eigenvalue weighted by molar-refractivity contribution is -0.181. The topological polar surface area (TPSA) is 131 Å². The predicted octanol–water partition coefficient (Wildman–Crippen LogP) is 1.05. The maximum absolute atomic E-state index is 13.7. The van der Waals surface area contributed by atoms with Crippen LogP contribution in [0.3, 0.4) is 0 Å². The zero-order valence-corrected chi connectivity index (χ0v) is 19.6. The first-order valence-electron chi connectivity index (χ1n) is 10.8. The van der Waals surface area contributed by atoms with Crippen LogP contribution in [0.25, 0.3) is 0 Å². The molecule has 3 amide bonds. The van der Waals surface area contributed by atoms with Crippen molar-refractivity contribution in [1.82, 2.24) is 15.5 Å². The van der Waals surface area contributed by atoms with Gasteiger partial charge in [0.25, 0.3) is 5.91 Å². The standard InChI is InChI=1S/C24H26N4O5S/c1-23(2)24(22(32)33-13-15-9-5-3-6-10-15,28-20(31)18(26-14-29)21(28)34-23)27-19(30)17(25)16-11-7-4-8-12-16/h3-12,14,17-18,21H,13,25H2,1-2H3,(H,26,29)(H,27,30)/t17?,18-,21-,24+/m1/s1. The van der Waals surface area contributed by atoms with Gasteiger partial charge in [-0.1, -0.05) is 60.7 Å². The third-order valence-corrected chi connectivity index (χ3v) is 7.80. The van der Waals surface area contributed by atoms with E-state index in [4.69, 9.17) is 10.5 Å². The maximum atomic E-state index is 13.7. The summed E-state index contributed by atoms with van der Waals surface area (Å²) in [5, 5.41) is 4.72. The van der Waals surface area contributed by atoms with E-state index < -0.39 is 45.7 Å². The van der Waals surface area contributed by atoms with E-state index in [2.05, 4.69) is 10.6 Å². The number of ether oxygens (including phenoxy) is 1. The molecule has 0 bridgehead atoms. The average molecular weight is 483 g/mol. The quantitative estimate of drug-likeness (QED) is 0.291. The van der Waals surface area contributed by atoms with Crippen molar-refractivity contribution in [2.75, 3.05) is 0 Å². The molecule has 2 saturated heterocycles. The summed E-state index contributed by atoms with van der Waals surface area (Å²) in [6.45, 7) is 3.46. The summed E-state index contributed by atoms with van der Waals surface area (Å²) < 4.78 is 4.65. The van der Waals surface area contributed by atoms with E-state index >= 15 is 0 Å². The molecule has 9 nitrogen and oxygen atoms in total. The van der Waals surface area contributed by atoms with Gasteiger partial charge in [-0.2, -0.15) is 0 Å². The van der Waals surface area contributed by atoms with Gasteiger partial charge in [0.2, 0.25) is 18.0 Å². The third-order valence-electron chi connectivity index (χ3n) is 6.19. The minimum atomic E-state index is -1.82. The second-order valence-electron chi connectivity index (χ2n) is 8.64. The number of amides is 3. The molecular weight excluding hydrogens is 456 g/mol. The van der Waals surface area contributed by atoms with Crippen LogP contribution in [0.4, 0.5) is 0 Å². The van der Waals surface area contributed by atoms with Crippen molar-refractivity contribution in [2.24, 2.45) is 5.73 Å². The summed E-state index contributed by atoms with van der Waals surface area (Å²) in [4.78, 5) is 52.3. The Morgan fingerprint density at radius 1 is 1.15 bits per heavy atom. The number of carbonyl (C=O) groups excluding carboxylic acids is 4. The van der Waals surface area contributed by atoms with Crippen LogP contribution >= 0.6 is 11.8 Å². The zero-order valence-electron chi connectivity index (χ0n) is 18.8. The van der Waals surface area contributed by atoms with Crippen molar-refractivity contribution in [2.45, 2.75) is 48.3 Å². The molecule has 178 valence electrons. The molecule has 4 rings (SSSR count). The van der Waals surface area contributed by atoms with Crippen LogP contribution in [0, 0.1) is 0 Å². The SMILES string of the molecule is CC1(C)S[C@@H]2[C@H](NC=O)C(=O)N2[C@@]1(NC(=O)C(N)c1ccccc1)C(=O)OCc1ccccc1. The minimum Gasteiger partial charge on any atom is -0.458 e. The molecule has 4 atom stereocenters. The molecule has 4 N–H and O–H groups in total. The molecule has 34 heavy (non-hydrogen) atoms. The monoisotopic (exact) mass is 482 g/mol. The average Bonchev–Trinajstić information content (AvgIpc) is 3.05. The van der Waals surface area contributed by atoms with Gasteiger partial charge in [0.1, 0.15) is 24.1 Å². The Hall–Kier alpha value is -3.37. The van der Waals surface area contributed by atoms with Crippen molar-refractivity contribution in [3.8, 4) is 0 Å². The highest BCUT2D eigenvalue weighted by atomic mass is 32.2. The number of rotatable bonds is 8. The first-order valence-corrected chi connectivity index (χ1v) is 11.7. The lowest BCUT2D eigenvalue weighted by Crippen LogP contribution is -2.80. The van der Waals surface area contributed by atoms with Crippen LogP contribution in [0.2, 0.25) is 0 Å². The van der Waals surface area contributed by atoms with Crippen molar-refractivity contribution in [1.29, 1.82) is 0 Å². The molecule has 10 heteroatoms. The number of carbonyl (C=O) groups is 4. The van der Waals surface area contributed by atoms with Crippen LogP contribution in [-0.2, 0) is 30.5 Å². The molecule has 2 heterocycles. The Morgan fingerprint density at radius 2 is 1.76 bits per heavy atom. The van der Waals surface area contributed by atoms with Gasteiger partial charge in [0.15, 0.2) is 0 Å². The molecule has 0 aliphatic carbocycles. The van der Waals surface area contributed by atoms with Crippen molar-refractivity contribution >= 4 is 36.0 Å². The Balaban J connectivity index is 1.67. The number of hydrogen-bond acceptors (Lipinski definition) is 7. The van der Waals surface area contributed by atoms with Gasteiger partial charge in [0, 0.05) is 0 Å². The second kappa shape index (κ2) is 9.11. The largest absolute Gasteiger partial charge is 0.458 e. The maximum Gasteiger partial charge on any atom is 0.355 e. The molecule has 0 radical (unpaired) electrons. The van der Waals surface area contributed by atoms with Crippen LogP contribution in [0.5, 0.6) is 0 Å². The van der Waals surface area contributed by atoms with E-state index in [-0.39, 0.29) is 6.61 Å². The molecule has 0 aromatic heterocycles. The number of hydrogen-bond donors (Lipinski definition) is 3. The number of esters is 1. The van der Waals surface area contributed by atoms with Gasteiger partial charge in [-0.25, -0.2) is 4.79 Å². The van der Waals surface area contributed by atoms with E-state index in [1.807, 2.05) is 18.2 Å². The Labute approximate surface area is 201 Å². The lowest BCUT2D eigenvalue weighted by atomic mass is 9.88.